The van der Waals surface area contributed by atoms with Crippen molar-refractivity contribution in [2.75, 3.05) is 0 Å². The molecule has 86 valence electrons. The van der Waals surface area contributed by atoms with E-state index < -0.39 is 0 Å². The van der Waals surface area contributed by atoms with Gasteiger partial charge in [0.25, 0.3) is 0 Å². The summed E-state index contributed by atoms with van der Waals surface area (Å²) in [4.78, 5) is 0. The van der Waals surface area contributed by atoms with Crippen LogP contribution < -0.4 is 0 Å². The molecule has 0 aliphatic heterocycles. The van der Waals surface area contributed by atoms with Gasteiger partial charge >= 0.3 is 0 Å². The second-order valence-electron chi connectivity index (χ2n) is 4.14. The van der Waals surface area contributed by atoms with Crippen LogP contribution in [0.15, 0.2) is 0 Å². The zero-order chi connectivity index (χ0) is 11.3. The molecule has 0 aliphatic rings. The Labute approximate surface area is 96.9 Å². The largest absolute Gasteiger partial charge is 0.302 e. The van der Waals surface area contributed by atoms with Crippen molar-refractivity contribution in [3.05, 3.63) is 10.6 Å². The molecule has 0 aliphatic carbocycles. The van der Waals surface area contributed by atoms with Gasteiger partial charge in [0.05, 0.1) is 0 Å². The molecule has 0 amide bonds. The maximum absolute atomic E-state index is 5.20. The minimum atomic E-state index is 0.466. The van der Waals surface area contributed by atoms with E-state index in [4.69, 9.17) is 12.2 Å². The molecule has 1 N–H and O–H groups in total. The van der Waals surface area contributed by atoms with Gasteiger partial charge in [0, 0.05) is 6.04 Å². The SMILES string of the molecule is CCCCCCC(C)n1c(C)n[nH]c1=S. The summed E-state index contributed by atoms with van der Waals surface area (Å²) in [5, 5.41) is 6.96. The number of nitrogens with one attached hydrogen (secondary N) is 1. The van der Waals surface area contributed by atoms with E-state index in [0.29, 0.717) is 6.04 Å². The first-order valence-corrected chi connectivity index (χ1v) is 6.21. The van der Waals surface area contributed by atoms with Gasteiger partial charge in [-0.25, -0.2) is 0 Å². The van der Waals surface area contributed by atoms with Crippen LogP contribution in [0.3, 0.4) is 0 Å². The van der Waals surface area contributed by atoms with E-state index >= 15 is 0 Å². The number of rotatable bonds is 6. The third-order valence-electron chi connectivity index (χ3n) is 2.80. The van der Waals surface area contributed by atoms with Gasteiger partial charge < -0.3 is 4.57 Å². The molecule has 0 saturated carbocycles. The fourth-order valence-electron chi connectivity index (χ4n) is 1.90. The predicted molar refractivity (Wildman–Crippen MR) is 65.6 cm³/mol. The lowest BCUT2D eigenvalue weighted by molar-refractivity contribution is 0.460. The lowest BCUT2D eigenvalue weighted by atomic mass is 10.1. The molecule has 1 unspecified atom stereocenters. The number of nitrogens with zero attached hydrogens (tertiary/aromatic N) is 2. The van der Waals surface area contributed by atoms with Gasteiger partial charge in [-0.05, 0) is 32.5 Å². The molecule has 0 bridgehead atoms. The fourth-order valence-corrected chi connectivity index (χ4v) is 2.26. The Bertz CT molecular complexity index is 340. The molecule has 0 saturated heterocycles. The van der Waals surface area contributed by atoms with Crippen molar-refractivity contribution in [2.45, 2.75) is 58.9 Å². The first-order valence-electron chi connectivity index (χ1n) is 5.80. The molecule has 0 spiro atoms. The van der Waals surface area contributed by atoms with Gasteiger partial charge in [0.2, 0.25) is 0 Å². The summed E-state index contributed by atoms with van der Waals surface area (Å²) >= 11 is 5.20. The van der Waals surface area contributed by atoms with Crippen molar-refractivity contribution in [3.8, 4) is 0 Å². The number of hydrogen-bond donors (Lipinski definition) is 1. The van der Waals surface area contributed by atoms with E-state index in [2.05, 4.69) is 28.6 Å². The van der Waals surface area contributed by atoms with E-state index in [1.165, 1.54) is 32.1 Å². The summed E-state index contributed by atoms with van der Waals surface area (Å²) in [6.07, 6.45) is 6.42. The van der Waals surface area contributed by atoms with Gasteiger partial charge in [-0.3, -0.25) is 5.10 Å². The number of aryl methyl sites for hydroxylation is 1. The van der Waals surface area contributed by atoms with Crippen molar-refractivity contribution in [1.29, 1.82) is 0 Å². The highest BCUT2D eigenvalue weighted by Gasteiger charge is 2.08. The highest BCUT2D eigenvalue weighted by Crippen LogP contribution is 2.17. The van der Waals surface area contributed by atoms with Crippen molar-refractivity contribution in [3.63, 3.8) is 0 Å². The topological polar surface area (TPSA) is 33.6 Å². The Kier molecular flexibility index (Phi) is 5.02. The quantitative estimate of drug-likeness (QED) is 0.592. The molecule has 15 heavy (non-hydrogen) atoms. The monoisotopic (exact) mass is 227 g/mol. The molecule has 1 atom stereocenters. The average Bonchev–Trinajstić information content (AvgIpc) is 2.53. The smallest absolute Gasteiger partial charge is 0.195 e. The van der Waals surface area contributed by atoms with Gasteiger partial charge in [-0.2, -0.15) is 5.10 Å². The first kappa shape index (κ1) is 12.4. The third kappa shape index (κ3) is 3.45. The molecule has 0 aromatic carbocycles. The van der Waals surface area contributed by atoms with Crippen molar-refractivity contribution < 1.29 is 0 Å². The Hall–Kier alpha value is -0.640. The van der Waals surface area contributed by atoms with Crippen LogP contribution in [0.4, 0.5) is 0 Å². The minimum absolute atomic E-state index is 0.466. The van der Waals surface area contributed by atoms with Crippen molar-refractivity contribution in [1.82, 2.24) is 14.8 Å². The maximum atomic E-state index is 5.20. The van der Waals surface area contributed by atoms with E-state index in [1.807, 2.05) is 6.92 Å². The summed E-state index contributed by atoms with van der Waals surface area (Å²) in [5.41, 5.74) is 0. The third-order valence-corrected chi connectivity index (χ3v) is 3.08. The number of H-pyrrole nitrogens is 1. The Morgan fingerprint density at radius 3 is 2.67 bits per heavy atom. The number of unbranched alkanes of at least 4 members (excludes halogenated alkanes) is 3. The van der Waals surface area contributed by atoms with Gasteiger partial charge in [-0.1, -0.05) is 32.6 Å². The first-order chi connectivity index (χ1) is 7.16. The summed E-state index contributed by atoms with van der Waals surface area (Å²) in [6, 6.07) is 0.466. The summed E-state index contributed by atoms with van der Waals surface area (Å²) in [5.74, 6) is 0.989. The molecular weight excluding hydrogens is 206 g/mol. The Morgan fingerprint density at radius 2 is 2.13 bits per heavy atom. The van der Waals surface area contributed by atoms with Crippen LogP contribution in [0.25, 0.3) is 0 Å². The minimum Gasteiger partial charge on any atom is -0.302 e. The van der Waals surface area contributed by atoms with Crippen LogP contribution in [0, 0.1) is 11.7 Å². The van der Waals surface area contributed by atoms with Crippen LogP contribution in [0.2, 0.25) is 0 Å². The van der Waals surface area contributed by atoms with Crippen LogP contribution >= 0.6 is 12.2 Å². The van der Waals surface area contributed by atoms with E-state index in [9.17, 15) is 0 Å². The molecule has 4 heteroatoms. The zero-order valence-electron chi connectivity index (χ0n) is 9.92. The van der Waals surface area contributed by atoms with E-state index in [0.717, 1.165) is 10.6 Å². The highest BCUT2D eigenvalue weighted by atomic mass is 32.1. The Balaban J connectivity index is 2.47. The molecule has 1 heterocycles. The highest BCUT2D eigenvalue weighted by molar-refractivity contribution is 7.71. The van der Waals surface area contributed by atoms with Crippen LogP contribution in [-0.4, -0.2) is 14.8 Å². The Morgan fingerprint density at radius 1 is 1.40 bits per heavy atom. The lowest BCUT2D eigenvalue weighted by Crippen LogP contribution is -2.07. The van der Waals surface area contributed by atoms with Gasteiger partial charge in [0.15, 0.2) is 4.77 Å². The summed E-state index contributed by atoms with van der Waals surface area (Å²) in [7, 11) is 0. The maximum Gasteiger partial charge on any atom is 0.195 e. The zero-order valence-corrected chi connectivity index (χ0v) is 10.7. The van der Waals surface area contributed by atoms with Crippen LogP contribution in [0.1, 0.15) is 57.8 Å². The van der Waals surface area contributed by atoms with Crippen LogP contribution in [-0.2, 0) is 0 Å². The second-order valence-corrected chi connectivity index (χ2v) is 4.53. The number of aromatic amines is 1. The molecule has 1 aromatic heterocycles. The molecule has 0 fully saturated rings. The number of aromatic nitrogens is 3. The molecule has 0 radical (unpaired) electrons. The molecule has 1 rings (SSSR count). The molecular formula is C11H21N3S. The number of hydrogen-bond acceptors (Lipinski definition) is 2. The fraction of sp³-hybridized carbons (Fsp3) is 0.818. The van der Waals surface area contributed by atoms with E-state index in [-0.39, 0.29) is 0 Å². The van der Waals surface area contributed by atoms with Gasteiger partial charge in [-0.15, -0.1) is 0 Å². The van der Waals surface area contributed by atoms with Gasteiger partial charge in [0.1, 0.15) is 5.82 Å². The summed E-state index contributed by atoms with van der Waals surface area (Å²) in [6.45, 7) is 6.44. The average molecular weight is 227 g/mol. The van der Waals surface area contributed by atoms with Crippen LogP contribution in [0.5, 0.6) is 0 Å². The summed E-state index contributed by atoms with van der Waals surface area (Å²) < 4.78 is 2.86. The van der Waals surface area contributed by atoms with E-state index in [1.54, 1.807) is 0 Å². The normalized spacial score (nSPS) is 13.0. The standard InChI is InChI=1S/C11H21N3S/c1-4-5-6-7-8-9(2)14-10(3)12-13-11(14)15/h9H,4-8H2,1-3H3,(H,13,15). The second kappa shape index (κ2) is 6.05. The predicted octanol–water partition coefficient (Wildman–Crippen LogP) is 3.78. The van der Waals surface area contributed by atoms with Crippen molar-refractivity contribution >= 4 is 12.2 Å². The lowest BCUT2D eigenvalue weighted by Gasteiger charge is -2.13. The molecule has 1 aromatic rings. The molecule has 3 nitrogen and oxygen atoms in total. The van der Waals surface area contributed by atoms with Crippen molar-refractivity contribution in [2.24, 2.45) is 0 Å².